The maximum atomic E-state index is 14.5. The van der Waals surface area contributed by atoms with E-state index in [0.717, 1.165) is 0 Å². The molecule has 0 aliphatic carbocycles. The number of amides is 2. The number of furan rings is 1. The Morgan fingerprint density at radius 2 is 1.97 bits per heavy atom. The average Bonchev–Trinajstić information content (AvgIpc) is 3.44. The summed E-state index contributed by atoms with van der Waals surface area (Å²) in [5.41, 5.74) is 1.84. The summed E-state index contributed by atoms with van der Waals surface area (Å²) in [6.45, 7) is 1.95. The van der Waals surface area contributed by atoms with Gasteiger partial charge in [0.15, 0.2) is 5.76 Å². The zero-order valence-electron chi connectivity index (χ0n) is 16.6. The van der Waals surface area contributed by atoms with Crippen molar-refractivity contribution in [3.63, 3.8) is 0 Å². The highest BCUT2D eigenvalue weighted by atomic mass is 19.1. The molecule has 2 amide bonds. The highest BCUT2D eigenvalue weighted by Gasteiger charge is 2.12. The molecule has 2 aromatic carbocycles. The molecule has 8 heteroatoms. The lowest BCUT2D eigenvalue weighted by Gasteiger charge is -2.10. The van der Waals surface area contributed by atoms with Gasteiger partial charge in [-0.05, 0) is 55.0 Å². The zero-order valence-corrected chi connectivity index (χ0v) is 16.6. The smallest absolute Gasteiger partial charge is 0.291 e. The van der Waals surface area contributed by atoms with Gasteiger partial charge in [0.05, 0.1) is 12.0 Å². The normalized spacial score (nSPS) is 10.6. The van der Waals surface area contributed by atoms with Gasteiger partial charge in [-0.25, -0.2) is 9.37 Å². The number of benzene rings is 2. The Kier molecular flexibility index (Phi) is 5.61. The first-order valence-corrected chi connectivity index (χ1v) is 9.53. The molecule has 0 aliphatic heterocycles. The van der Waals surface area contributed by atoms with Gasteiger partial charge in [0.25, 0.3) is 11.8 Å². The first kappa shape index (κ1) is 20.1. The first-order valence-electron chi connectivity index (χ1n) is 9.53. The molecular formula is C23H19FN4O3. The number of nitrogens with one attached hydrogen (secondary N) is 2. The number of hydrogen-bond donors (Lipinski definition) is 2. The molecule has 7 nitrogen and oxygen atoms in total. The van der Waals surface area contributed by atoms with E-state index >= 15 is 0 Å². The van der Waals surface area contributed by atoms with Crippen molar-refractivity contribution in [1.29, 1.82) is 0 Å². The van der Waals surface area contributed by atoms with Crippen LogP contribution in [0.4, 0.5) is 10.1 Å². The van der Waals surface area contributed by atoms with Crippen LogP contribution in [-0.2, 0) is 6.54 Å². The quantitative estimate of drug-likeness (QED) is 0.494. The number of halogens is 1. The maximum absolute atomic E-state index is 14.5. The summed E-state index contributed by atoms with van der Waals surface area (Å²) in [6.07, 6.45) is 4.70. The lowest BCUT2D eigenvalue weighted by atomic mass is 10.1. The van der Waals surface area contributed by atoms with E-state index in [-0.39, 0.29) is 18.2 Å². The van der Waals surface area contributed by atoms with Crippen LogP contribution in [0.15, 0.2) is 77.7 Å². The zero-order chi connectivity index (χ0) is 21.8. The average molecular weight is 418 g/mol. The van der Waals surface area contributed by atoms with Crippen molar-refractivity contribution in [2.45, 2.75) is 13.5 Å². The minimum atomic E-state index is -0.411. The molecule has 4 aromatic rings. The SMILES string of the molecule is Cc1nccn1-c1ccc(CNC(=O)c2cccc(NC(=O)c3ccco3)c2)cc1F. The van der Waals surface area contributed by atoms with Gasteiger partial charge < -0.3 is 19.6 Å². The van der Waals surface area contributed by atoms with E-state index in [1.54, 1.807) is 72.4 Å². The molecular weight excluding hydrogens is 399 g/mol. The van der Waals surface area contributed by atoms with Crippen LogP contribution in [0.1, 0.15) is 32.3 Å². The number of rotatable bonds is 6. The van der Waals surface area contributed by atoms with Gasteiger partial charge in [-0.3, -0.25) is 9.59 Å². The fraction of sp³-hybridized carbons (Fsp3) is 0.0870. The van der Waals surface area contributed by atoms with Crippen LogP contribution >= 0.6 is 0 Å². The summed E-state index contributed by atoms with van der Waals surface area (Å²) in [5, 5.41) is 5.44. The summed E-state index contributed by atoms with van der Waals surface area (Å²) in [5.74, 6) is -0.309. The Hall–Kier alpha value is -4.20. The third kappa shape index (κ3) is 4.53. The fourth-order valence-electron chi connectivity index (χ4n) is 3.11. The van der Waals surface area contributed by atoms with Gasteiger partial charge in [0.1, 0.15) is 11.6 Å². The van der Waals surface area contributed by atoms with Gasteiger partial charge in [0.2, 0.25) is 0 Å². The number of nitrogens with zero attached hydrogens (tertiary/aromatic N) is 2. The minimum Gasteiger partial charge on any atom is -0.459 e. The van der Waals surface area contributed by atoms with E-state index in [1.807, 2.05) is 0 Å². The number of imidazole rings is 1. The van der Waals surface area contributed by atoms with Crippen molar-refractivity contribution in [3.05, 3.63) is 102 Å². The molecule has 0 saturated carbocycles. The van der Waals surface area contributed by atoms with Gasteiger partial charge >= 0.3 is 0 Å². The van der Waals surface area contributed by atoms with Crippen molar-refractivity contribution in [3.8, 4) is 5.69 Å². The lowest BCUT2D eigenvalue weighted by molar-refractivity contribution is 0.0949. The highest BCUT2D eigenvalue weighted by Crippen LogP contribution is 2.17. The van der Waals surface area contributed by atoms with Crippen LogP contribution in [0, 0.1) is 12.7 Å². The van der Waals surface area contributed by atoms with Crippen molar-refractivity contribution < 1.29 is 18.4 Å². The number of carbonyl (C=O) groups is 2. The number of carbonyl (C=O) groups excluding carboxylic acids is 2. The summed E-state index contributed by atoms with van der Waals surface area (Å²) in [6, 6.07) is 14.5. The lowest BCUT2D eigenvalue weighted by Crippen LogP contribution is -2.23. The van der Waals surface area contributed by atoms with Crippen molar-refractivity contribution in [1.82, 2.24) is 14.9 Å². The van der Waals surface area contributed by atoms with Crippen LogP contribution in [0.25, 0.3) is 5.69 Å². The molecule has 0 unspecified atom stereocenters. The topological polar surface area (TPSA) is 89.2 Å². The first-order chi connectivity index (χ1) is 15.0. The molecule has 156 valence electrons. The Morgan fingerprint density at radius 1 is 1.10 bits per heavy atom. The molecule has 0 fully saturated rings. The molecule has 0 aliphatic rings. The largest absolute Gasteiger partial charge is 0.459 e. The molecule has 0 bridgehead atoms. The minimum absolute atomic E-state index is 0.155. The summed E-state index contributed by atoms with van der Waals surface area (Å²) >= 11 is 0. The standard InChI is InChI=1S/C23H19FN4O3/c1-15-25-9-10-28(15)20-8-7-16(12-19(20)24)14-26-22(29)17-4-2-5-18(13-17)27-23(30)21-6-3-11-31-21/h2-13H,14H2,1H3,(H,26,29)(H,27,30). The molecule has 0 spiro atoms. The van der Waals surface area contributed by atoms with Gasteiger partial charge in [0, 0.05) is 30.2 Å². The molecule has 4 rings (SSSR count). The van der Waals surface area contributed by atoms with Gasteiger partial charge in [-0.1, -0.05) is 12.1 Å². The Labute approximate surface area is 177 Å². The monoisotopic (exact) mass is 418 g/mol. The molecule has 0 radical (unpaired) electrons. The Bertz CT molecular complexity index is 1230. The molecule has 2 heterocycles. The van der Waals surface area contributed by atoms with E-state index in [0.29, 0.717) is 28.3 Å². The third-order valence-corrected chi connectivity index (χ3v) is 4.68. The van der Waals surface area contributed by atoms with Crippen LogP contribution in [0.2, 0.25) is 0 Å². The molecule has 2 aromatic heterocycles. The molecule has 31 heavy (non-hydrogen) atoms. The summed E-state index contributed by atoms with van der Waals surface area (Å²) in [7, 11) is 0. The van der Waals surface area contributed by atoms with Crippen LogP contribution in [0.3, 0.4) is 0 Å². The number of anilines is 1. The number of aromatic nitrogens is 2. The van der Waals surface area contributed by atoms with E-state index in [9.17, 15) is 14.0 Å². The van der Waals surface area contributed by atoms with Crippen LogP contribution < -0.4 is 10.6 Å². The second-order valence-electron chi connectivity index (χ2n) is 6.83. The predicted molar refractivity (Wildman–Crippen MR) is 113 cm³/mol. The van der Waals surface area contributed by atoms with Crippen LogP contribution in [-0.4, -0.2) is 21.4 Å². The van der Waals surface area contributed by atoms with E-state index in [2.05, 4.69) is 15.6 Å². The second-order valence-corrected chi connectivity index (χ2v) is 6.83. The molecule has 0 saturated heterocycles. The molecule has 0 atom stereocenters. The fourth-order valence-corrected chi connectivity index (χ4v) is 3.11. The third-order valence-electron chi connectivity index (χ3n) is 4.68. The summed E-state index contributed by atoms with van der Waals surface area (Å²) in [4.78, 5) is 28.7. The van der Waals surface area contributed by atoms with Crippen molar-refractivity contribution in [2.75, 3.05) is 5.32 Å². The highest BCUT2D eigenvalue weighted by molar-refractivity contribution is 6.03. The van der Waals surface area contributed by atoms with Gasteiger partial charge in [-0.2, -0.15) is 0 Å². The number of aryl methyl sites for hydroxylation is 1. The predicted octanol–water partition coefficient (Wildman–Crippen LogP) is 4.10. The number of hydrogen-bond acceptors (Lipinski definition) is 4. The Morgan fingerprint density at radius 3 is 2.68 bits per heavy atom. The summed E-state index contributed by atoms with van der Waals surface area (Å²) < 4.78 is 21.2. The van der Waals surface area contributed by atoms with Crippen molar-refractivity contribution >= 4 is 17.5 Å². The second kappa shape index (κ2) is 8.66. The Balaban J connectivity index is 1.40. The van der Waals surface area contributed by atoms with E-state index in [1.165, 1.54) is 12.3 Å². The van der Waals surface area contributed by atoms with E-state index < -0.39 is 11.7 Å². The van der Waals surface area contributed by atoms with E-state index in [4.69, 9.17) is 4.42 Å². The van der Waals surface area contributed by atoms with Gasteiger partial charge in [-0.15, -0.1) is 0 Å². The molecule has 2 N–H and O–H groups in total. The van der Waals surface area contributed by atoms with Crippen LogP contribution in [0.5, 0.6) is 0 Å². The maximum Gasteiger partial charge on any atom is 0.291 e. The van der Waals surface area contributed by atoms with Crippen molar-refractivity contribution in [2.24, 2.45) is 0 Å².